The van der Waals surface area contributed by atoms with Crippen molar-refractivity contribution >= 4 is 23.5 Å². The highest BCUT2D eigenvalue weighted by molar-refractivity contribution is 7.13. The number of thiophene rings is 1. The fourth-order valence-electron chi connectivity index (χ4n) is 1.12. The van der Waals surface area contributed by atoms with Crippen molar-refractivity contribution in [2.75, 3.05) is 0 Å². The van der Waals surface area contributed by atoms with Crippen LogP contribution in [0.4, 0.5) is 0 Å². The molecule has 0 aliphatic rings. The molecule has 0 unspecified atom stereocenters. The second-order valence-electron chi connectivity index (χ2n) is 2.70. The summed E-state index contributed by atoms with van der Waals surface area (Å²) in [5.74, 6) is 0. The molecule has 0 radical (unpaired) electrons. The van der Waals surface area contributed by atoms with Crippen molar-refractivity contribution in [2.24, 2.45) is 0 Å². The molecular weight excluding hydrogens is 176 g/mol. The summed E-state index contributed by atoms with van der Waals surface area (Å²) >= 11 is 1.77. The normalized spacial score (nSPS) is 9.08. The lowest BCUT2D eigenvalue weighted by Crippen LogP contribution is -1.75. The van der Waals surface area contributed by atoms with Crippen molar-refractivity contribution in [1.29, 1.82) is 0 Å². The van der Waals surface area contributed by atoms with Gasteiger partial charge in [0.05, 0.1) is 0 Å². The van der Waals surface area contributed by atoms with Crippen molar-refractivity contribution in [3.63, 3.8) is 0 Å². The summed E-state index contributed by atoms with van der Waals surface area (Å²) in [6.45, 7) is 7.91. The van der Waals surface area contributed by atoms with E-state index in [1.807, 2.05) is 25.2 Å². The van der Waals surface area contributed by atoms with Gasteiger partial charge in [0, 0.05) is 9.75 Å². The van der Waals surface area contributed by atoms with Crippen LogP contribution in [0.3, 0.4) is 0 Å². The summed E-state index contributed by atoms with van der Waals surface area (Å²) in [4.78, 5) is 2.54. The Kier molecular flexibility index (Phi) is 3.75. The Morgan fingerprint density at radius 3 is 2.92 bits per heavy atom. The van der Waals surface area contributed by atoms with Gasteiger partial charge in [-0.2, -0.15) is 0 Å². The number of rotatable bonds is 3. The number of hydrogen-bond donors (Lipinski definition) is 0. The number of aryl methyl sites for hydroxylation is 1. The zero-order valence-electron chi connectivity index (χ0n) is 8.13. The zero-order valence-corrected chi connectivity index (χ0v) is 8.95. The molecule has 0 spiro atoms. The van der Waals surface area contributed by atoms with E-state index in [1.165, 1.54) is 15.3 Å². The average molecular weight is 190 g/mol. The van der Waals surface area contributed by atoms with Gasteiger partial charge in [-0.05, 0) is 37.1 Å². The molecule has 1 rings (SSSR count). The molecule has 68 valence electrons. The molecule has 1 aromatic rings. The second kappa shape index (κ2) is 4.86. The fraction of sp³-hybridized carbons (Fsp3) is 0.250. The largest absolute Gasteiger partial charge is 0.136 e. The lowest BCUT2D eigenvalue weighted by molar-refractivity contribution is 1.15. The summed E-state index contributed by atoms with van der Waals surface area (Å²) in [5, 5.41) is 0. The molecule has 0 saturated carbocycles. The summed E-state index contributed by atoms with van der Waals surface area (Å²) in [6.07, 6.45) is 6.93. The van der Waals surface area contributed by atoms with Crippen molar-refractivity contribution in [3.8, 4) is 0 Å². The molecule has 0 aromatic carbocycles. The third-order valence-electron chi connectivity index (χ3n) is 1.82. The molecular formula is C12H14S. The molecule has 0 bridgehead atoms. The molecule has 0 amide bonds. The smallest absolute Gasteiger partial charge is 0.0385 e. The minimum atomic E-state index is 1.07. The molecule has 1 aromatic heterocycles. The highest BCUT2D eigenvalue weighted by Gasteiger charge is 2.01. The van der Waals surface area contributed by atoms with Gasteiger partial charge < -0.3 is 0 Å². The van der Waals surface area contributed by atoms with Crippen LogP contribution in [0.5, 0.6) is 0 Å². The van der Waals surface area contributed by atoms with Crippen LogP contribution in [0.15, 0.2) is 24.5 Å². The lowest BCUT2D eigenvalue weighted by Gasteiger charge is -1.89. The van der Waals surface area contributed by atoms with E-state index in [2.05, 4.69) is 25.3 Å². The van der Waals surface area contributed by atoms with Crippen LogP contribution in [0, 0.1) is 0 Å². The predicted molar refractivity (Wildman–Crippen MR) is 62.0 cm³/mol. The molecule has 0 saturated heterocycles. The molecule has 0 atom stereocenters. The lowest BCUT2D eigenvalue weighted by atomic mass is 10.2. The van der Waals surface area contributed by atoms with Crippen molar-refractivity contribution < 1.29 is 0 Å². The Hall–Kier alpha value is -1.04. The molecule has 1 heteroatoms. The minimum Gasteiger partial charge on any atom is -0.136 e. The second-order valence-corrected chi connectivity index (χ2v) is 3.81. The predicted octanol–water partition coefficient (Wildman–Crippen LogP) is 4.14. The highest BCUT2D eigenvalue weighted by atomic mass is 32.1. The van der Waals surface area contributed by atoms with Gasteiger partial charge in [-0.1, -0.05) is 19.6 Å². The Labute approximate surface area is 83.9 Å². The van der Waals surface area contributed by atoms with E-state index >= 15 is 0 Å². The number of hydrogen-bond acceptors (Lipinski definition) is 1. The topological polar surface area (TPSA) is 0 Å². The first kappa shape index (κ1) is 10.0. The third-order valence-corrected chi connectivity index (χ3v) is 2.94. The Balaban J connectivity index is 3.10. The maximum absolute atomic E-state index is 3.77. The highest BCUT2D eigenvalue weighted by Crippen LogP contribution is 2.24. The molecule has 0 fully saturated rings. The van der Waals surface area contributed by atoms with Crippen LogP contribution >= 0.6 is 11.3 Å². The Bertz CT molecular complexity index is 349. The van der Waals surface area contributed by atoms with Gasteiger partial charge in [-0.25, -0.2) is 0 Å². The van der Waals surface area contributed by atoms with E-state index in [-0.39, 0.29) is 0 Å². The van der Waals surface area contributed by atoms with E-state index in [4.69, 9.17) is 0 Å². The average Bonchev–Trinajstić information content (AvgIpc) is 2.57. The molecule has 0 nitrogen and oxygen atoms in total. The van der Waals surface area contributed by atoms with Crippen LogP contribution in [-0.2, 0) is 6.42 Å². The molecule has 13 heavy (non-hydrogen) atoms. The van der Waals surface area contributed by atoms with Crippen LogP contribution < -0.4 is 0 Å². The van der Waals surface area contributed by atoms with Gasteiger partial charge in [0.1, 0.15) is 0 Å². The molecule has 0 N–H and O–H groups in total. The van der Waals surface area contributed by atoms with Crippen LogP contribution in [0.25, 0.3) is 12.2 Å². The van der Waals surface area contributed by atoms with Gasteiger partial charge in [-0.3, -0.25) is 0 Å². The number of allylic oxidation sites excluding steroid dienone is 1. The van der Waals surface area contributed by atoms with Gasteiger partial charge in [0.25, 0.3) is 0 Å². The van der Waals surface area contributed by atoms with Gasteiger partial charge in [-0.15, -0.1) is 17.1 Å². The summed E-state index contributed by atoms with van der Waals surface area (Å²) in [5.41, 5.74) is 4.49. The van der Waals surface area contributed by atoms with Gasteiger partial charge in [0.15, 0.2) is 0 Å². The van der Waals surface area contributed by atoms with Crippen LogP contribution in [0.1, 0.15) is 29.2 Å². The van der Waals surface area contributed by atoms with Crippen molar-refractivity contribution in [1.82, 2.24) is 0 Å². The van der Waals surface area contributed by atoms with Crippen molar-refractivity contribution in [3.05, 3.63) is 39.8 Å². The molecule has 0 aliphatic heterocycles. The first-order valence-corrected chi connectivity index (χ1v) is 5.25. The molecule has 1 heterocycles. The summed E-state index contributed by atoms with van der Waals surface area (Å²) in [7, 11) is 0. The van der Waals surface area contributed by atoms with E-state index in [0.717, 1.165) is 6.42 Å². The van der Waals surface area contributed by atoms with Gasteiger partial charge in [0.2, 0.25) is 0 Å². The maximum Gasteiger partial charge on any atom is 0.0385 e. The molecule has 0 aliphatic carbocycles. The quantitative estimate of drug-likeness (QED) is 0.628. The van der Waals surface area contributed by atoms with E-state index in [9.17, 15) is 0 Å². The van der Waals surface area contributed by atoms with Crippen LogP contribution in [0.2, 0.25) is 0 Å². The SMILES string of the molecule is C=Cc1cc(CC)c(C=C=CC)s1. The standard InChI is InChI=1S/C12H14S/c1-4-7-8-12-10(5-2)9-11(6-3)13-12/h4,6,8-9H,3,5H2,1-2H3. The third kappa shape index (κ3) is 2.45. The summed E-state index contributed by atoms with van der Waals surface area (Å²) < 4.78 is 0. The first-order chi connectivity index (χ1) is 6.31. The summed E-state index contributed by atoms with van der Waals surface area (Å²) in [6, 6.07) is 2.20. The zero-order chi connectivity index (χ0) is 9.68. The maximum atomic E-state index is 3.77. The van der Waals surface area contributed by atoms with E-state index < -0.39 is 0 Å². The minimum absolute atomic E-state index is 1.07. The van der Waals surface area contributed by atoms with Crippen molar-refractivity contribution in [2.45, 2.75) is 20.3 Å². The Morgan fingerprint density at radius 2 is 2.38 bits per heavy atom. The van der Waals surface area contributed by atoms with E-state index in [1.54, 1.807) is 11.3 Å². The first-order valence-electron chi connectivity index (χ1n) is 4.44. The van der Waals surface area contributed by atoms with Crippen LogP contribution in [-0.4, -0.2) is 0 Å². The van der Waals surface area contributed by atoms with Gasteiger partial charge >= 0.3 is 0 Å². The Morgan fingerprint density at radius 1 is 1.62 bits per heavy atom. The fourth-order valence-corrected chi connectivity index (χ4v) is 2.12. The monoisotopic (exact) mass is 190 g/mol. The van der Waals surface area contributed by atoms with E-state index in [0.29, 0.717) is 0 Å².